The van der Waals surface area contributed by atoms with Gasteiger partial charge < -0.3 is 4.74 Å². The van der Waals surface area contributed by atoms with Gasteiger partial charge in [-0.2, -0.15) is 0 Å². The van der Waals surface area contributed by atoms with Gasteiger partial charge in [0.2, 0.25) is 0 Å². The quantitative estimate of drug-likeness (QED) is 0.771. The minimum absolute atomic E-state index is 0.171. The molecule has 0 atom stereocenters. The lowest BCUT2D eigenvalue weighted by Crippen LogP contribution is -2.38. The Balaban J connectivity index is 1.93. The molecule has 0 heterocycles. The van der Waals surface area contributed by atoms with E-state index in [1.807, 2.05) is 24.3 Å². The minimum atomic E-state index is 0.171. The maximum Gasteiger partial charge on any atom is 0.176 e. The van der Waals surface area contributed by atoms with Crippen molar-refractivity contribution in [2.45, 2.75) is 38.6 Å². The maximum absolute atomic E-state index is 12.3. The number of rotatable bonds is 5. The monoisotopic (exact) mass is 275 g/mol. The number of ketones is 1. The molecule has 0 aromatic heterocycles. The maximum atomic E-state index is 12.3. The number of methoxy groups -OCH3 is 1. The summed E-state index contributed by atoms with van der Waals surface area (Å²) < 4.78 is 5.17. The number of hydrogen-bond donors (Lipinski definition) is 0. The Morgan fingerprint density at radius 1 is 1.30 bits per heavy atom. The first-order valence-electron chi connectivity index (χ1n) is 7.47. The SMILES string of the molecule is COc1cccc(C(=O)CN(C)C2CCC(C)CC2)c1. The lowest BCUT2D eigenvalue weighted by atomic mass is 9.86. The molecule has 2 rings (SSSR count). The van der Waals surface area contributed by atoms with Crippen LogP contribution in [0.3, 0.4) is 0 Å². The van der Waals surface area contributed by atoms with E-state index in [9.17, 15) is 4.79 Å². The molecular formula is C17H25NO2. The van der Waals surface area contributed by atoms with Crippen LogP contribution in [0.15, 0.2) is 24.3 Å². The van der Waals surface area contributed by atoms with Crippen molar-refractivity contribution in [2.24, 2.45) is 5.92 Å². The van der Waals surface area contributed by atoms with Crippen LogP contribution >= 0.6 is 0 Å². The summed E-state index contributed by atoms with van der Waals surface area (Å²) in [4.78, 5) is 14.5. The number of Topliss-reactive ketones (excluding diaryl/α,β-unsaturated/α-hetero) is 1. The van der Waals surface area contributed by atoms with Gasteiger partial charge in [-0.25, -0.2) is 0 Å². The highest BCUT2D eigenvalue weighted by Crippen LogP contribution is 2.26. The van der Waals surface area contributed by atoms with Gasteiger partial charge in [-0.15, -0.1) is 0 Å². The lowest BCUT2D eigenvalue weighted by Gasteiger charge is -2.33. The predicted octanol–water partition coefficient (Wildman–Crippen LogP) is 3.39. The Kier molecular flexibility index (Phi) is 5.18. The van der Waals surface area contributed by atoms with Crippen LogP contribution in [0.25, 0.3) is 0 Å². The third-order valence-electron chi connectivity index (χ3n) is 4.39. The molecule has 1 fully saturated rings. The topological polar surface area (TPSA) is 29.5 Å². The van der Waals surface area contributed by atoms with Gasteiger partial charge in [0.1, 0.15) is 5.75 Å². The van der Waals surface area contributed by atoms with Gasteiger partial charge in [0, 0.05) is 11.6 Å². The van der Waals surface area contributed by atoms with Crippen LogP contribution in [-0.2, 0) is 0 Å². The summed E-state index contributed by atoms with van der Waals surface area (Å²) in [6, 6.07) is 7.97. The number of ether oxygens (including phenoxy) is 1. The fourth-order valence-electron chi connectivity index (χ4n) is 2.93. The lowest BCUT2D eigenvalue weighted by molar-refractivity contribution is 0.0888. The van der Waals surface area contributed by atoms with Crippen molar-refractivity contribution in [3.8, 4) is 5.75 Å². The van der Waals surface area contributed by atoms with E-state index in [0.29, 0.717) is 12.6 Å². The Morgan fingerprint density at radius 3 is 2.65 bits per heavy atom. The first kappa shape index (κ1) is 15.0. The van der Waals surface area contributed by atoms with Gasteiger partial charge in [0.25, 0.3) is 0 Å². The second-order valence-corrected chi connectivity index (χ2v) is 5.98. The number of likely N-dealkylation sites (N-methyl/N-ethyl adjacent to an activating group) is 1. The molecule has 0 aliphatic heterocycles. The van der Waals surface area contributed by atoms with E-state index in [4.69, 9.17) is 4.74 Å². The zero-order valence-electron chi connectivity index (χ0n) is 12.8. The van der Waals surface area contributed by atoms with Crippen LogP contribution in [0.4, 0.5) is 0 Å². The Hall–Kier alpha value is -1.35. The van der Waals surface area contributed by atoms with Gasteiger partial charge in [0.05, 0.1) is 13.7 Å². The Labute approximate surface area is 121 Å². The van der Waals surface area contributed by atoms with E-state index in [0.717, 1.165) is 17.2 Å². The Bertz CT molecular complexity index is 450. The van der Waals surface area contributed by atoms with Crippen LogP contribution in [-0.4, -0.2) is 37.4 Å². The molecule has 1 aliphatic rings. The van der Waals surface area contributed by atoms with Crippen molar-refractivity contribution < 1.29 is 9.53 Å². The average molecular weight is 275 g/mol. The zero-order chi connectivity index (χ0) is 14.5. The van der Waals surface area contributed by atoms with Crippen molar-refractivity contribution in [2.75, 3.05) is 20.7 Å². The van der Waals surface area contributed by atoms with E-state index >= 15 is 0 Å². The van der Waals surface area contributed by atoms with Crippen molar-refractivity contribution in [1.29, 1.82) is 0 Å². The average Bonchev–Trinajstić information content (AvgIpc) is 2.47. The summed E-state index contributed by atoms with van der Waals surface area (Å²) in [5, 5.41) is 0. The van der Waals surface area contributed by atoms with Crippen LogP contribution in [0.1, 0.15) is 43.0 Å². The molecule has 1 aromatic carbocycles. The second-order valence-electron chi connectivity index (χ2n) is 5.98. The molecule has 0 saturated heterocycles. The molecule has 0 N–H and O–H groups in total. The number of carbonyl (C=O) groups is 1. The molecule has 0 unspecified atom stereocenters. The molecule has 0 spiro atoms. The normalized spacial score (nSPS) is 22.8. The zero-order valence-corrected chi connectivity index (χ0v) is 12.8. The fourth-order valence-corrected chi connectivity index (χ4v) is 2.93. The number of benzene rings is 1. The van der Waals surface area contributed by atoms with Gasteiger partial charge in [0.15, 0.2) is 5.78 Å². The van der Waals surface area contributed by atoms with Crippen LogP contribution < -0.4 is 4.74 Å². The fraction of sp³-hybridized carbons (Fsp3) is 0.588. The van der Waals surface area contributed by atoms with Crippen LogP contribution in [0.2, 0.25) is 0 Å². The van der Waals surface area contributed by atoms with Gasteiger partial charge >= 0.3 is 0 Å². The number of carbonyl (C=O) groups excluding carboxylic acids is 1. The summed E-state index contributed by atoms with van der Waals surface area (Å²) in [6.45, 7) is 2.81. The van der Waals surface area contributed by atoms with E-state index in [1.165, 1.54) is 25.7 Å². The minimum Gasteiger partial charge on any atom is -0.497 e. The largest absolute Gasteiger partial charge is 0.497 e. The third kappa shape index (κ3) is 3.83. The summed E-state index contributed by atoms with van der Waals surface area (Å²) >= 11 is 0. The van der Waals surface area contributed by atoms with Gasteiger partial charge in [-0.1, -0.05) is 19.1 Å². The first-order valence-corrected chi connectivity index (χ1v) is 7.47. The highest BCUT2D eigenvalue weighted by atomic mass is 16.5. The van der Waals surface area contributed by atoms with Gasteiger partial charge in [-0.3, -0.25) is 9.69 Å². The predicted molar refractivity (Wildman–Crippen MR) is 81.4 cm³/mol. The molecule has 0 bridgehead atoms. The molecule has 110 valence electrons. The van der Waals surface area contributed by atoms with Crippen LogP contribution in [0, 0.1) is 5.92 Å². The van der Waals surface area contributed by atoms with Crippen molar-refractivity contribution in [3.05, 3.63) is 29.8 Å². The smallest absolute Gasteiger partial charge is 0.176 e. The molecule has 1 aromatic rings. The van der Waals surface area contributed by atoms with Crippen molar-refractivity contribution in [3.63, 3.8) is 0 Å². The third-order valence-corrected chi connectivity index (χ3v) is 4.39. The van der Waals surface area contributed by atoms with E-state index in [1.54, 1.807) is 7.11 Å². The highest BCUT2D eigenvalue weighted by Gasteiger charge is 2.23. The molecular weight excluding hydrogens is 250 g/mol. The van der Waals surface area contributed by atoms with Crippen molar-refractivity contribution >= 4 is 5.78 Å². The second kappa shape index (κ2) is 6.89. The summed E-state index contributed by atoms with van der Waals surface area (Å²) in [6.07, 6.45) is 4.98. The Morgan fingerprint density at radius 2 is 2.00 bits per heavy atom. The summed E-state index contributed by atoms with van der Waals surface area (Å²) in [7, 11) is 3.69. The number of nitrogens with zero attached hydrogens (tertiary/aromatic N) is 1. The van der Waals surface area contributed by atoms with Gasteiger partial charge in [-0.05, 0) is 50.8 Å². The number of hydrogen-bond acceptors (Lipinski definition) is 3. The molecule has 20 heavy (non-hydrogen) atoms. The van der Waals surface area contributed by atoms with E-state index in [-0.39, 0.29) is 5.78 Å². The molecule has 1 aliphatic carbocycles. The van der Waals surface area contributed by atoms with E-state index in [2.05, 4.69) is 18.9 Å². The van der Waals surface area contributed by atoms with E-state index < -0.39 is 0 Å². The first-order chi connectivity index (χ1) is 9.60. The van der Waals surface area contributed by atoms with Crippen LogP contribution in [0.5, 0.6) is 5.75 Å². The summed E-state index contributed by atoms with van der Waals surface area (Å²) in [5.74, 6) is 1.75. The standard InChI is InChI=1S/C17H25NO2/c1-13-7-9-15(10-8-13)18(2)12-17(19)14-5-4-6-16(11-14)20-3/h4-6,11,13,15H,7-10,12H2,1-3H3. The summed E-state index contributed by atoms with van der Waals surface area (Å²) in [5.41, 5.74) is 0.736. The molecule has 0 radical (unpaired) electrons. The molecule has 1 saturated carbocycles. The molecule has 3 heteroatoms. The highest BCUT2D eigenvalue weighted by molar-refractivity contribution is 5.97. The molecule has 3 nitrogen and oxygen atoms in total. The van der Waals surface area contributed by atoms with Crippen molar-refractivity contribution in [1.82, 2.24) is 4.90 Å². The molecule has 0 amide bonds.